The summed E-state index contributed by atoms with van der Waals surface area (Å²) in [5.41, 5.74) is 2.65. The first-order chi connectivity index (χ1) is 9.17. The maximum Gasteiger partial charge on any atom is 0.215 e. The minimum absolute atomic E-state index is 0.247. The summed E-state index contributed by atoms with van der Waals surface area (Å²) in [6.07, 6.45) is 0. The quantitative estimate of drug-likeness (QED) is 0.767. The summed E-state index contributed by atoms with van der Waals surface area (Å²) < 4.78 is 18.6. The monoisotopic (exact) mass is 257 g/mol. The van der Waals surface area contributed by atoms with Crippen molar-refractivity contribution in [3.8, 4) is 17.3 Å². The lowest BCUT2D eigenvalue weighted by atomic mass is 10.1. The normalized spacial score (nSPS) is 10.9. The minimum atomic E-state index is -0.247. The SMILES string of the molecule is COc1ccc2[nH]c(-c3ccc(C)c(F)c3)nc2n1. The molecule has 2 aromatic heterocycles. The Morgan fingerprint density at radius 1 is 1.16 bits per heavy atom. The van der Waals surface area contributed by atoms with Crippen molar-refractivity contribution in [2.75, 3.05) is 7.11 Å². The number of aromatic amines is 1. The average molecular weight is 257 g/mol. The van der Waals surface area contributed by atoms with E-state index in [9.17, 15) is 4.39 Å². The van der Waals surface area contributed by atoms with Crippen LogP contribution in [0.15, 0.2) is 30.3 Å². The number of rotatable bonds is 2. The van der Waals surface area contributed by atoms with Crippen molar-refractivity contribution in [1.82, 2.24) is 15.0 Å². The molecule has 5 heteroatoms. The minimum Gasteiger partial charge on any atom is -0.481 e. The number of nitrogens with zero attached hydrogens (tertiary/aromatic N) is 2. The maximum atomic E-state index is 13.6. The zero-order chi connectivity index (χ0) is 13.4. The highest BCUT2D eigenvalue weighted by Gasteiger charge is 2.09. The molecule has 3 rings (SSSR count). The standard InChI is InChI=1S/C14H12FN3O/c1-8-3-4-9(7-10(8)15)13-16-11-5-6-12(19-2)17-14(11)18-13/h3-7H,1-2H3,(H,16,17,18). The van der Waals surface area contributed by atoms with E-state index in [0.717, 1.165) is 5.52 Å². The largest absolute Gasteiger partial charge is 0.481 e. The number of ether oxygens (including phenoxy) is 1. The molecule has 0 saturated heterocycles. The second-order valence-corrected chi connectivity index (χ2v) is 4.27. The van der Waals surface area contributed by atoms with Gasteiger partial charge in [0.2, 0.25) is 5.88 Å². The molecular formula is C14H12FN3O. The van der Waals surface area contributed by atoms with Gasteiger partial charge in [0.05, 0.1) is 12.6 Å². The molecule has 0 aliphatic rings. The van der Waals surface area contributed by atoms with Gasteiger partial charge in [-0.1, -0.05) is 12.1 Å². The number of hydrogen-bond acceptors (Lipinski definition) is 3. The van der Waals surface area contributed by atoms with Crippen molar-refractivity contribution < 1.29 is 9.13 Å². The summed E-state index contributed by atoms with van der Waals surface area (Å²) in [4.78, 5) is 11.7. The van der Waals surface area contributed by atoms with Gasteiger partial charge in [-0.2, -0.15) is 4.98 Å². The van der Waals surface area contributed by atoms with Gasteiger partial charge in [-0.15, -0.1) is 0 Å². The summed E-state index contributed by atoms with van der Waals surface area (Å²) >= 11 is 0. The summed E-state index contributed by atoms with van der Waals surface area (Å²) in [6, 6.07) is 8.60. The molecule has 0 saturated carbocycles. The number of fused-ring (bicyclic) bond motifs is 1. The molecular weight excluding hydrogens is 245 g/mol. The Labute approximate surface area is 109 Å². The van der Waals surface area contributed by atoms with E-state index in [1.54, 1.807) is 26.2 Å². The molecule has 19 heavy (non-hydrogen) atoms. The molecule has 0 aliphatic heterocycles. The molecule has 3 aromatic rings. The number of aryl methyl sites for hydroxylation is 1. The van der Waals surface area contributed by atoms with Crippen LogP contribution in [0.4, 0.5) is 4.39 Å². The third kappa shape index (κ3) is 2.03. The van der Waals surface area contributed by atoms with Crippen LogP contribution in [0.3, 0.4) is 0 Å². The van der Waals surface area contributed by atoms with Gasteiger partial charge >= 0.3 is 0 Å². The summed E-state index contributed by atoms with van der Waals surface area (Å²) in [5, 5.41) is 0. The predicted octanol–water partition coefficient (Wildman–Crippen LogP) is 3.08. The molecule has 0 amide bonds. The Morgan fingerprint density at radius 2 is 2.00 bits per heavy atom. The van der Waals surface area contributed by atoms with E-state index in [2.05, 4.69) is 15.0 Å². The molecule has 0 radical (unpaired) electrons. The number of nitrogens with one attached hydrogen (secondary N) is 1. The highest BCUT2D eigenvalue weighted by atomic mass is 19.1. The number of hydrogen-bond donors (Lipinski definition) is 1. The second-order valence-electron chi connectivity index (χ2n) is 4.27. The van der Waals surface area contributed by atoms with Crippen LogP contribution in [0, 0.1) is 12.7 Å². The number of halogens is 1. The van der Waals surface area contributed by atoms with E-state index in [4.69, 9.17) is 4.74 Å². The molecule has 2 heterocycles. The van der Waals surface area contributed by atoms with Crippen LogP contribution in [0.25, 0.3) is 22.6 Å². The molecule has 0 spiro atoms. The zero-order valence-corrected chi connectivity index (χ0v) is 10.6. The lowest BCUT2D eigenvalue weighted by molar-refractivity contribution is 0.399. The van der Waals surface area contributed by atoms with Gasteiger partial charge in [0.15, 0.2) is 5.65 Å². The Kier molecular flexibility index (Phi) is 2.67. The highest BCUT2D eigenvalue weighted by molar-refractivity contribution is 5.76. The van der Waals surface area contributed by atoms with Crippen molar-refractivity contribution in [2.24, 2.45) is 0 Å². The maximum absolute atomic E-state index is 13.6. The smallest absolute Gasteiger partial charge is 0.215 e. The van der Waals surface area contributed by atoms with Gasteiger partial charge in [-0.3, -0.25) is 0 Å². The molecule has 0 unspecified atom stereocenters. The topological polar surface area (TPSA) is 50.8 Å². The van der Waals surface area contributed by atoms with E-state index in [-0.39, 0.29) is 5.82 Å². The number of H-pyrrole nitrogens is 1. The van der Waals surface area contributed by atoms with Crippen LogP contribution in [0.1, 0.15) is 5.56 Å². The molecule has 0 aliphatic carbocycles. The Morgan fingerprint density at radius 3 is 2.74 bits per heavy atom. The van der Waals surface area contributed by atoms with E-state index in [1.807, 2.05) is 12.1 Å². The fourth-order valence-electron chi connectivity index (χ4n) is 1.87. The lowest BCUT2D eigenvalue weighted by Crippen LogP contribution is -1.87. The zero-order valence-electron chi connectivity index (χ0n) is 10.6. The van der Waals surface area contributed by atoms with Crippen molar-refractivity contribution in [2.45, 2.75) is 6.92 Å². The Balaban J connectivity index is 2.11. The van der Waals surface area contributed by atoms with Gasteiger partial charge in [-0.25, -0.2) is 9.37 Å². The van der Waals surface area contributed by atoms with E-state index in [1.165, 1.54) is 6.07 Å². The fraction of sp³-hybridized carbons (Fsp3) is 0.143. The molecule has 96 valence electrons. The number of methoxy groups -OCH3 is 1. The molecule has 0 atom stereocenters. The van der Waals surface area contributed by atoms with Crippen LogP contribution in [0.5, 0.6) is 5.88 Å². The van der Waals surface area contributed by atoms with E-state index in [0.29, 0.717) is 28.5 Å². The first-order valence-corrected chi connectivity index (χ1v) is 5.84. The van der Waals surface area contributed by atoms with Gasteiger partial charge in [0.25, 0.3) is 0 Å². The van der Waals surface area contributed by atoms with Crippen LogP contribution in [0.2, 0.25) is 0 Å². The molecule has 4 nitrogen and oxygen atoms in total. The third-order valence-corrected chi connectivity index (χ3v) is 2.97. The second kappa shape index (κ2) is 4.35. The van der Waals surface area contributed by atoms with Crippen molar-refractivity contribution in [1.29, 1.82) is 0 Å². The van der Waals surface area contributed by atoms with Crippen molar-refractivity contribution in [3.05, 3.63) is 41.7 Å². The first-order valence-electron chi connectivity index (χ1n) is 5.84. The highest BCUT2D eigenvalue weighted by Crippen LogP contribution is 2.22. The van der Waals surface area contributed by atoms with Crippen LogP contribution < -0.4 is 4.74 Å². The average Bonchev–Trinajstić information content (AvgIpc) is 2.84. The number of imidazole rings is 1. The number of benzene rings is 1. The van der Waals surface area contributed by atoms with Crippen molar-refractivity contribution in [3.63, 3.8) is 0 Å². The van der Waals surface area contributed by atoms with Crippen LogP contribution in [-0.4, -0.2) is 22.1 Å². The Hall–Kier alpha value is -2.43. The Bertz CT molecular complexity index is 752. The molecule has 0 bridgehead atoms. The predicted molar refractivity (Wildman–Crippen MR) is 70.6 cm³/mol. The number of pyridine rings is 1. The van der Waals surface area contributed by atoms with Crippen LogP contribution in [-0.2, 0) is 0 Å². The summed E-state index contributed by atoms with van der Waals surface area (Å²) in [5.74, 6) is 0.846. The van der Waals surface area contributed by atoms with Gasteiger partial charge in [0, 0.05) is 11.6 Å². The summed E-state index contributed by atoms with van der Waals surface area (Å²) in [7, 11) is 1.55. The molecule has 1 N–H and O–H groups in total. The number of aromatic nitrogens is 3. The van der Waals surface area contributed by atoms with E-state index < -0.39 is 0 Å². The fourth-order valence-corrected chi connectivity index (χ4v) is 1.87. The molecule has 0 fully saturated rings. The van der Waals surface area contributed by atoms with Crippen LogP contribution >= 0.6 is 0 Å². The van der Waals surface area contributed by atoms with E-state index >= 15 is 0 Å². The van der Waals surface area contributed by atoms with Crippen molar-refractivity contribution >= 4 is 11.2 Å². The molecule has 1 aromatic carbocycles. The third-order valence-electron chi connectivity index (χ3n) is 2.97. The first kappa shape index (κ1) is 11.6. The lowest BCUT2D eigenvalue weighted by Gasteiger charge is -1.99. The summed E-state index contributed by atoms with van der Waals surface area (Å²) in [6.45, 7) is 1.73. The van der Waals surface area contributed by atoms with Gasteiger partial charge in [0.1, 0.15) is 11.6 Å². The van der Waals surface area contributed by atoms with Gasteiger partial charge < -0.3 is 9.72 Å². The van der Waals surface area contributed by atoms with Gasteiger partial charge in [-0.05, 0) is 24.6 Å².